The third-order valence-corrected chi connectivity index (χ3v) is 5.44. The highest BCUT2D eigenvalue weighted by atomic mass is 35.5. The molecule has 0 N–H and O–H groups in total. The molecule has 1 fully saturated rings. The molecule has 2 aliphatic rings. The molecule has 0 aromatic heterocycles. The van der Waals surface area contributed by atoms with Gasteiger partial charge in [0.05, 0.1) is 0 Å². The van der Waals surface area contributed by atoms with Gasteiger partial charge in [-0.2, -0.15) is 0 Å². The normalized spacial score (nSPS) is 25.5. The fourth-order valence-electron chi connectivity index (χ4n) is 3.96. The fraction of sp³-hybridized carbons (Fsp3) is 0.368. The third-order valence-electron chi connectivity index (χ3n) is 5.11. The zero-order valence-corrected chi connectivity index (χ0v) is 13.6. The van der Waals surface area contributed by atoms with Gasteiger partial charge in [0.15, 0.2) is 0 Å². The van der Waals surface area contributed by atoms with Crippen LogP contribution in [0.2, 0.25) is 5.02 Å². The minimum absolute atomic E-state index is 0.426. The van der Waals surface area contributed by atoms with E-state index in [0.29, 0.717) is 12.0 Å². The van der Waals surface area contributed by atoms with E-state index in [2.05, 4.69) is 59.3 Å². The number of hydrogen-bond acceptors (Lipinski definition) is 2. The van der Waals surface area contributed by atoms with Crippen LogP contribution in [0.15, 0.2) is 48.5 Å². The van der Waals surface area contributed by atoms with E-state index in [1.165, 1.54) is 16.7 Å². The summed E-state index contributed by atoms with van der Waals surface area (Å²) < 4.78 is 0. The van der Waals surface area contributed by atoms with Crippen LogP contribution >= 0.6 is 11.6 Å². The molecule has 0 unspecified atom stereocenters. The molecular weight excluding hydrogens is 292 g/mol. The van der Waals surface area contributed by atoms with Crippen LogP contribution in [0.3, 0.4) is 0 Å². The number of likely N-dealkylation sites (N-methyl/N-ethyl adjacent to an activating group) is 1. The van der Waals surface area contributed by atoms with E-state index in [4.69, 9.17) is 11.6 Å². The van der Waals surface area contributed by atoms with Gasteiger partial charge in [-0.05, 0) is 29.8 Å². The van der Waals surface area contributed by atoms with E-state index >= 15 is 0 Å². The van der Waals surface area contributed by atoms with Crippen LogP contribution in [0.4, 0.5) is 0 Å². The number of nitrogens with zero attached hydrogens (tertiary/aromatic N) is 2. The van der Waals surface area contributed by atoms with E-state index < -0.39 is 0 Å². The van der Waals surface area contributed by atoms with Crippen LogP contribution in [-0.2, 0) is 0 Å². The molecule has 0 amide bonds. The lowest BCUT2D eigenvalue weighted by Gasteiger charge is -2.47. The summed E-state index contributed by atoms with van der Waals surface area (Å²) in [5.74, 6) is 0.426. The maximum absolute atomic E-state index is 6.62. The molecule has 3 heteroatoms. The van der Waals surface area contributed by atoms with Gasteiger partial charge in [0.1, 0.15) is 0 Å². The lowest BCUT2D eigenvalue weighted by atomic mass is 9.80. The number of piperazine rings is 1. The topological polar surface area (TPSA) is 6.48 Å². The Morgan fingerprint density at radius 2 is 1.77 bits per heavy atom. The molecule has 2 aromatic carbocycles. The summed E-state index contributed by atoms with van der Waals surface area (Å²) in [5, 5.41) is 0.920. The van der Waals surface area contributed by atoms with E-state index in [9.17, 15) is 0 Å². The zero-order valence-electron chi connectivity index (χ0n) is 12.9. The van der Waals surface area contributed by atoms with Gasteiger partial charge in [-0.1, -0.05) is 54.1 Å². The van der Waals surface area contributed by atoms with Crippen LogP contribution < -0.4 is 0 Å². The second kappa shape index (κ2) is 5.69. The molecule has 0 saturated carbocycles. The highest BCUT2D eigenvalue weighted by Crippen LogP contribution is 2.43. The first-order valence-corrected chi connectivity index (χ1v) is 8.37. The summed E-state index contributed by atoms with van der Waals surface area (Å²) in [6.07, 6.45) is 0. The zero-order chi connectivity index (χ0) is 15.1. The molecule has 2 heterocycles. The first-order valence-electron chi connectivity index (χ1n) is 8.00. The van der Waals surface area contributed by atoms with Crippen molar-refractivity contribution >= 4 is 11.6 Å². The van der Waals surface area contributed by atoms with Crippen molar-refractivity contribution in [2.24, 2.45) is 0 Å². The van der Waals surface area contributed by atoms with Gasteiger partial charge in [0.2, 0.25) is 0 Å². The molecular formula is C19H21ClN2. The van der Waals surface area contributed by atoms with Gasteiger partial charge in [0, 0.05) is 43.2 Å². The molecule has 1 saturated heterocycles. The molecule has 2 aliphatic heterocycles. The highest BCUT2D eigenvalue weighted by molar-refractivity contribution is 6.31. The maximum Gasteiger partial charge on any atom is 0.0493 e. The first kappa shape index (κ1) is 14.3. The van der Waals surface area contributed by atoms with Crippen molar-refractivity contribution in [1.82, 2.24) is 9.80 Å². The molecule has 0 spiro atoms. The number of halogens is 1. The Bertz CT molecular complexity index is 670. The van der Waals surface area contributed by atoms with Gasteiger partial charge in [0.25, 0.3) is 0 Å². The molecule has 0 radical (unpaired) electrons. The lowest BCUT2D eigenvalue weighted by Crippen LogP contribution is -2.50. The number of rotatable bonds is 1. The predicted molar refractivity (Wildman–Crippen MR) is 91.5 cm³/mol. The van der Waals surface area contributed by atoms with Gasteiger partial charge >= 0.3 is 0 Å². The molecule has 22 heavy (non-hydrogen) atoms. The van der Waals surface area contributed by atoms with Crippen LogP contribution in [-0.4, -0.2) is 43.0 Å². The van der Waals surface area contributed by atoms with Crippen molar-refractivity contribution in [3.8, 4) is 0 Å². The summed E-state index contributed by atoms with van der Waals surface area (Å²) in [4.78, 5) is 5.03. The minimum Gasteiger partial charge on any atom is -0.303 e. The van der Waals surface area contributed by atoms with Crippen molar-refractivity contribution < 1.29 is 0 Å². The SMILES string of the molecule is CN1CCN2C[C@H](c3ccccc3)c3cccc(Cl)c3[C@@H]2C1. The Kier molecular flexibility index (Phi) is 3.69. The Morgan fingerprint density at radius 1 is 0.955 bits per heavy atom. The molecule has 4 rings (SSSR count). The molecule has 2 aromatic rings. The fourth-order valence-corrected chi connectivity index (χ4v) is 4.27. The summed E-state index contributed by atoms with van der Waals surface area (Å²) in [6.45, 7) is 4.42. The van der Waals surface area contributed by atoms with Crippen LogP contribution in [0, 0.1) is 0 Å². The third kappa shape index (κ3) is 2.36. The second-order valence-corrected chi connectivity index (χ2v) is 6.89. The Morgan fingerprint density at radius 3 is 2.59 bits per heavy atom. The molecule has 0 aliphatic carbocycles. The van der Waals surface area contributed by atoms with Gasteiger partial charge in [-0.25, -0.2) is 0 Å². The number of benzene rings is 2. The molecule has 0 bridgehead atoms. The van der Waals surface area contributed by atoms with Crippen molar-refractivity contribution in [1.29, 1.82) is 0 Å². The second-order valence-electron chi connectivity index (χ2n) is 6.48. The highest BCUT2D eigenvalue weighted by Gasteiger charge is 2.37. The number of hydrogen-bond donors (Lipinski definition) is 0. The Labute approximate surface area is 137 Å². The summed E-state index contributed by atoms with van der Waals surface area (Å²) in [7, 11) is 2.21. The molecule has 2 nitrogen and oxygen atoms in total. The Balaban J connectivity index is 1.83. The monoisotopic (exact) mass is 312 g/mol. The van der Waals surface area contributed by atoms with E-state index in [-0.39, 0.29) is 0 Å². The van der Waals surface area contributed by atoms with Crippen LogP contribution in [0.5, 0.6) is 0 Å². The van der Waals surface area contributed by atoms with Crippen molar-refractivity contribution in [2.45, 2.75) is 12.0 Å². The molecule has 2 atom stereocenters. The Hall–Kier alpha value is -1.35. The van der Waals surface area contributed by atoms with E-state index in [1.54, 1.807) is 0 Å². The number of fused-ring (bicyclic) bond motifs is 3. The van der Waals surface area contributed by atoms with Crippen LogP contribution in [0.25, 0.3) is 0 Å². The van der Waals surface area contributed by atoms with Gasteiger partial charge in [-0.3, -0.25) is 4.90 Å². The summed E-state index contributed by atoms with van der Waals surface area (Å²) in [6, 6.07) is 17.7. The van der Waals surface area contributed by atoms with Gasteiger partial charge in [-0.15, -0.1) is 0 Å². The lowest BCUT2D eigenvalue weighted by molar-refractivity contribution is 0.0773. The van der Waals surface area contributed by atoms with E-state index in [0.717, 1.165) is 31.2 Å². The van der Waals surface area contributed by atoms with Gasteiger partial charge < -0.3 is 4.90 Å². The van der Waals surface area contributed by atoms with Crippen LogP contribution in [0.1, 0.15) is 28.7 Å². The smallest absolute Gasteiger partial charge is 0.0493 e. The summed E-state index contributed by atoms with van der Waals surface area (Å²) >= 11 is 6.62. The van der Waals surface area contributed by atoms with Crippen molar-refractivity contribution in [3.05, 3.63) is 70.2 Å². The standard InChI is InChI=1S/C19H21ClN2/c1-21-10-11-22-12-16(14-6-3-2-4-7-14)15-8-5-9-17(20)19(15)18(22)13-21/h2-9,16,18H,10-13H2,1H3/t16-,18+/m1/s1. The van der Waals surface area contributed by atoms with Crippen molar-refractivity contribution in [2.75, 3.05) is 33.2 Å². The predicted octanol–water partition coefficient (Wildman–Crippen LogP) is 3.77. The minimum atomic E-state index is 0.426. The maximum atomic E-state index is 6.62. The largest absolute Gasteiger partial charge is 0.303 e. The first-order chi connectivity index (χ1) is 10.7. The molecule has 114 valence electrons. The van der Waals surface area contributed by atoms with E-state index in [1.807, 2.05) is 6.07 Å². The quantitative estimate of drug-likeness (QED) is 0.791. The average Bonchev–Trinajstić information content (AvgIpc) is 2.55. The summed E-state index contributed by atoms with van der Waals surface area (Å²) in [5.41, 5.74) is 4.15. The average molecular weight is 313 g/mol. The van der Waals surface area contributed by atoms with Crippen molar-refractivity contribution in [3.63, 3.8) is 0 Å².